The zero-order valence-electron chi connectivity index (χ0n) is 11.7. The van der Waals surface area contributed by atoms with E-state index in [0.717, 1.165) is 12.1 Å². The molecule has 2 aromatic rings. The van der Waals surface area contributed by atoms with Crippen molar-refractivity contribution in [3.05, 3.63) is 36.0 Å². The minimum Gasteiger partial charge on any atom is -0.361 e. The lowest BCUT2D eigenvalue weighted by Crippen LogP contribution is -2.33. The highest BCUT2D eigenvalue weighted by Crippen LogP contribution is 2.16. The number of nitrogens with zero attached hydrogens (tertiary/aromatic N) is 1. The quantitative estimate of drug-likeness (QED) is 0.864. The van der Waals surface area contributed by atoms with Gasteiger partial charge in [-0.1, -0.05) is 6.07 Å². The van der Waals surface area contributed by atoms with E-state index in [9.17, 15) is 4.79 Å². The van der Waals surface area contributed by atoms with Crippen LogP contribution in [0.15, 0.2) is 30.5 Å². The second-order valence-corrected chi connectivity index (χ2v) is 5.04. The largest absolute Gasteiger partial charge is 0.361 e. The van der Waals surface area contributed by atoms with Crippen LogP contribution in [0.5, 0.6) is 0 Å². The van der Waals surface area contributed by atoms with Crippen LogP contribution in [-0.2, 0) is 11.3 Å². The zero-order chi connectivity index (χ0) is 13.8. The first-order valence-corrected chi connectivity index (χ1v) is 6.57. The fraction of sp³-hybridized carbons (Fsp3) is 0.400. The molecule has 1 atom stereocenters. The Morgan fingerprint density at radius 3 is 2.95 bits per heavy atom. The number of aromatic nitrogens is 1. The number of amides is 1. The van der Waals surface area contributed by atoms with Crippen molar-refractivity contribution in [2.45, 2.75) is 25.9 Å². The molecule has 0 aliphatic carbocycles. The summed E-state index contributed by atoms with van der Waals surface area (Å²) >= 11 is 0. The SMILES string of the molecule is CNC(=O)CC(C)N(C)Cc1ccc2[nH]ccc2c1. The molecule has 2 rings (SSSR count). The van der Waals surface area contributed by atoms with Crippen LogP contribution in [0.2, 0.25) is 0 Å². The summed E-state index contributed by atoms with van der Waals surface area (Å²) in [6.07, 6.45) is 2.48. The Labute approximate surface area is 113 Å². The van der Waals surface area contributed by atoms with Crippen molar-refractivity contribution in [2.75, 3.05) is 14.1 Å². The monoisotopic (exact) mass is 259 g/mol. The molecular weight excluding hydrogens is 238 g/mol. The number of aromatic amines is 1. The molecule has 0 aliphatic heterocycles. The Kier molecular flexibility index (Phi) is 4.22. The van der Waals surface area contributed by atoms with Crippen molar-refractivity contribution < 1.29 is 4.79 Å². The molecule has 0 fully saturated rings. The van der Waals surface area contributed by atoms with Gasteiger partial charge in [0, 0.05) is 37.8 Å². The van der Waals surface area contributed by atoms with Crippen molar-refractivity contribution in [3.8, 4) is 0 Å². The molecule has 0 aliphatic rings. The second kappa shape index (κ2) is 5.89. The smallest absolute Gasteiger partial charge is 0.221 e. The third-order valence-corrected chi connectivity index (χ3v) is 3.56. The summed E-state index contributed by atoms with van der Waals surface area (Å²) < 4.78 is 0. The Morgan fingerprint density at radius 2 is 2.21 bits per heavy atom. The lowest BCUT2D eigenvalue weighted by molar-refractivity contribution is -0.121. The van der Waals surface area contributed by atoms with Crippen molar-refractivity contribution in [2.24, 2.45) is 0 Å². The van der Waals surface area contributed by atoms with Crippen LogP contribution in [0.25, 0.3) is 10.9 Å². The van der Waals surface area contributed by atoms with Gasteiger partial charge in [-0.05, 0) is 43.1 Å². The minimum absolute atomic E-state index is 0.0837. The summed E-state index contributed by atoms with van der Waals surface area (Å²) in [6.45, 7) is 2.92. The number of hydrogen-bond acceptors (Lipinski definition) is 2. The molecule has 1 aromatic heterocycles. The van der Waals surface area contributed by atoms with Gasteiger partial charge >= 0.3 is 0 Å². The molecule has 0 spiro atoms. The fourth-order valence-corrected chi connectivity index (χ4v) is 2.17. The number of carbonyl (C=O) groups is 1. The Balaban J connectivity index is 2.01. The molecule has 1 heterocycles. The van der Waals surface area contributed by atoms with Gasteiger partial charge in [-0.25, -0.2) is 0 Å². The van der Waals surface area contributed by atoms with Gasteiger partial charge < -0.3 is 10.3 Å². The van der Waals surface area contributed by atoms with Crippen LogP contribution in [0, 0.1) is 0 Å². The van der Waals surface area contributed by atoms with E-state index in [4.69, 9.17) is 0 Å². The van der Waals surface area contributed by atoms with Crippen LogP contribution in [-0.4, -0.2) is 35.9 Å². The number of rotatable bonds is 5. The summed E-state index contributed by atoms with van der Waals surface area (Å²) in [6, 6.07) is 8.72. The zero-order valence-corrected chi connectivity index (χ0v) is 11.7. The molecule has 1 unspecified atom stereocenters. The van der Waals surface area contributed by atoms with E-state index in [0.29, 0.717) is 6.42 Å². The number of H-pyrrole nitrogens is 1. The van der Waals surface area contributed by atoms with Gasteiger partial charge in [0.05, 0.1) is 0 Å². The van der Waals surface area contributed by atoms with Gasteiger partial charge in [-0.15, -0.1) is 0 Å². The van der Waals surface area contributed by atoms with Gasteiger partial charge in [-0.2, -0.15) is 0 Å². The average molecular weight is 259 g/mol. The predicted octanol–water partition coefficient (Wildman–Crippen LogP) is 2.12. The molecule has 0 saturated carbocycles. The molecule has 0 saturated heterocycles. The lowest BCUT2D eigenvalue weighted by atomic mass is 10.1. The van der Waals surface area contributed by atoms with Crippen LogP contribution in [0.4, 0.5) is 0 Å². The molecule has 1 amide bonds. The summed E-state index contributed by atoms with van der Waals surface area (Å²) in [4.78, 5) is 16.8. The summed E-state index contributed by atoms with van der Waals surface area (Å²) in [5, 5.41) is 3.89. The normalized spacial score (nSPS) is 12.8. The van der Waals surface area contributed by atoms with Crippen molar-refractivity contribution in [1.29, 1.82) is 0 Å². The topological polar surface area (TPSA) is 48.1 Å². The summed E-state index contributed by atoms with van der Waals surface area (Å²) in [5.74, 6) is 0.0837. The van der Waals surface area contributed by atoms with Gasteiger partial charge in [0.15, 0.2) is 0 Å². The highest BCUT2D eigenvalue weighted by molar-refractivity contribution is 5.79. The fourth-order valence-electron chi connectivity index (χ4n) is 2.17. The Morgan fingerprint density at radius 1 is 1.42 bits per heavy atom. The van der Waals surface area contributed by atoms with E-state index in [1.54, 1.807) is 7.05 Å². The molecule has 0 bridgehead atoms. The van der Waals surface area contributed by atoms with E-state index < -0.39 is 0 Å². The minimum atomic E-state index is 0.0837. The first-order valence-electron chi connectivity index (χ1n) is 6.57. The van der Waals surface area contributed by atoms with Crippen LogP contribution in [0.3, 0.4) is 0 Å². The lowest BCUT2D eigenvalue weighted by Gasteiger charge is -2.24. The molecule has 102 valence electrons. The summed E-state index contributed by atoms with van der Waals surface area (Å²) in [7, 11) is 3.73. The number of benzene rings is 1. The molecule has 4 heteroatoms. The number of fused-ring (bicyclic) bond motifs is 1. The molecule has 19 heavy (non-hydrogen) atoms. The van der Waals surface area contributed by atoms with Crippen molar-refractivity contribution in [1.82, 2.24) is 15.2 Å². The van der Waals surface area contributed by atoms with Crippen LogP contribution >= 0.6 is 0 Å². The third-order valence-electron chi connectivity index (χ3n) is 3.56. The van der Waals surface area contributed by atoms with Gasteiger partial charge in [-0.3, -0.25) is 9.69 Å². The first-order chi connectivity index (χ1) is 9.10. The number of hydrogen-bond donors (Lipinski definition) is 2. The van der Waals surface area contributed by atoms with Gasteiger partial charge in [0.25, 0.3) is 0 Å². The number of nitrogens with one attached hydrogen (secondary N) is 2. The Hall–Kier alpha value is -1.81. The molecule has 0 radical (unpaired) electrons. The van der Waals surface area contributed by atoms with E-state index in [1.165, 1.54) is 10.9 Å². The van der Waals surface area contributed by atoms with Crippen LogP contribution < -0.4 is 5.32 Å². The Bertz CT molecular complexity index is 561. The van der Waals surface area contributed by atoms with E-state index in [2.05, 4.69) is 53.4 Å². The highest BCUT2D eigenvalue weighted by atomic mass is 16.1. The van der Waals surface area contributed by atoms with Crippen molar-refractivity contribution in [3.63, 3.8) is 0 Å². The van der Waals surface area contributed by atoms with Crippen molar-refractivity contribution >= 4 is 16.8 Å². The van der Waals surface area contributed by atoms with Gasteiger partial charge in [0.1, 0.15) is 0 Å². The number of carbonyl (C=O) groups excluding carboxylic acids is 1. The average Bonchev–Trinajstić information content (AvgIpc) is 2.85. The molecule has 4 nitrogen and oxygen atoms in total. The van der Waals surface area contributed by atoms with E-state index in [1.807, 2.05) is 6.20 Å². The molecular formula is C15H21N3O. The third kappa shape index (κ3) is 3.35. The highest BCUT2D eigenvalue weighted by Gasteiger charge is 2.13. The first kappa shape index (κ1) is 13.6. The standard InChI is InChI=1S/C15H21N3O/c1-11(8-15(19)16-2)18(3)10-12-4-5-14-13(9-12)6-7-17-14/h4-7,9,11,17H,8,10H2,1-3H3,(H,16,19). The molecule has 1 aromatic carbocycles. The predicted molar refractivity (Wildman–Crippen MR) is 77.9 cm³/mol. The summed E-state index contributed by atoms with van der Waals surface area (Å²) in [5.41, 5.74) is 2.42. The second-order valence-electron chi connectivity index (χ2n) is 5.04. The molecule has 2 N–H and O–H groups in total. The van der Waals surface area contributed by atoms with Gasteiger partial charge in [0.2, 0.25) is 5.91 Å². The maximum Gasteiger partial charge on any atom is 0.221 e. The maximum atomic E-state index is 11.4. The van der Waals surface area contributed by atoms with E-state index in [-0.39, 0.29) is 11.9 Å². The van der Waals surface area contributed by atoms with Crippen LogP contribution in [0.1, 0.15) is 18.9 Å². The van der Waals surface area contributed by atoms with E-state index >= 15 is 0 Å². The maximum absolute atomic E-state index is 11.4.